The Balaban J connectivity index is 1.96. The van der Waals surface area contributed by atoms with Crippen LogP contribution in [0, 0.1) is 18.6 Å². The van der Waals surface area contributed by atoms with E-state index in [0.717, 1.165) is 31.0 Å². The molecular weight excluding hydrogens is 264 g/mol. The quantitative estimate of drug-likeness (QED) is 0.935. The molecule has 0 unspecified atom stereocenters. The van der Waals surface area contributed by atoms with Crippen molar-refractivity contribution in [2.75, 3.05) is 5.73 Å². The standard InChI is InChI=1S/C14H13F2N3O/c1-7-12(17)18-13(8-2-3-8)19-14(7)20-11-5-9(15)4-10(16)6-11/h4-6,8H,2-3H2,1H3,(H2,17,18,19). The van der Waals surface area contributed by atoms with E-state index in [-0.39, 0.29) is 11.6 Å². The average Bonchev–Trinajstić information content (AvgIpc) is 3.17. The van der Waals surface area contributed by atoms with Gasteiger partial charge in [0.05, 0.1) is 5.56 Å². The highest BCUT2D eigenvalue weighted by Crippen LogP contribution is 2.40. The summed E-state index contributed by atoms with van der Waals surface area (Å²) in [6, 6.07) is 2.97. The zero-order valence-electron chi connectivity index (χ0n) is 10.9. The highest BCUT2D eigenvalue weighted by atomic mass is 19.1. The topological polar surface area (TPSA) is 61.0 Å². The van der Waals surface area contributed by atoms with E-state index < -0.39 is 11.6 Å². The summed E-state index contributed by atoms with van der Waals surface area (Å²) in [5.41, 5.74) is 6.38. The molecule has 0 spiro atoms. The summed E-state index contributed by atoms with van der Waals surface area (Å²) in [5, 5.41) is 0. The van der Waals surface area contributed by atoms with E-state index in [4.69, 9.17) is 10.5 Å². The minimum atomic E-state index is -0.706. The largest absolute Gasteiger partial charge is 0.438 e. The van der Waals surface area contributed by atoms with Crippen LogP contribution < -0.4 is 10.5 Å². The van der Waals surface area contributed by atoms with Crippen LogP contribution in [-0.4, -0.2) is 9.97 Å². The molecule has 20 heavy (non-hydrogen) atoms. The highest BCUT2D eigenvalue weighted by molar-refractivity contribution is 5.46. The highest BCUT2D eigenvalue weighted by Gasteiger charge is 2.28. The maximum atomic E-state index is 13.2. The zero-order valence-corrected chi connectivity index (χ0v) is 10.9. The fourth-order valence-electron chi connectivity index (χ4n) is 1.85. The molecule has 104 valence electrons. The van der Waals surface area contributed by atoms with Gasteiger partial charge in [-0.3, -0.25) is 0 Å². The number of hydrogen-bond acceptors (Lipinski definition) is 4. The number of aromatic nitrogens is 2. The van der Waals surface area contributed by atoms with Crippen LogP contribution in [0.5, 0.6) is 11.6 Å². The summed E-state index contributed by atoms with van der Waals surface area (Å²) in [7, 11) is 0. The van der Waals surface area contributed by atoms with E-state index in [1.54, 1.807) is 6.92 Å². The van der Waals surface area contributed by atoms with Gasteiger partial charge in [0.15, 0.2) is 0 Å². The number of hydrogen-bond donors (Lipinski definition) is 1. The number of rotatable bonds is 3. The van der Waals surface area contributed by atoms with Crippen molar-refractivity contribution in [1.82, 2.24) is 9.97 Å². The number of nitrogens with zero attached hydrogens (tertiary/aromatic N) is 2. The first kappa shape index (κ1) is 12.8. The number of ether oxygens (including phenoxy) is 1. The molecular formula is C14H13F2N3O. The van der Waals surface area contributed by atoms with E-state index >= 15 is 0 Å². The lowest BCUT2D eigenvalue weighted by molar-refractivity contribution is 0.444. The molecule has 0 amide bonds. The maximum absolute atomic E-state index is 13.2. The molecule has 1 aliphatic carbocycles. The van der Waals surface area contributed by atoms with Crippen LogP contribution in [0.2, 0.25) is 0 Å². The second kappa shape index (κ2) is 4.70. The normalized spacial score (nSPS) is 14.3. The van der Waals surface area contributed by atoms with Gasteiger partial charge in [-0.05, 0) is 19.8 Å². The van der Waals surface area contributed by atoms with Crippen LogP contribution >= 0.6 is 0 Å². The summed E-state index contributed by atoms with van der Waals surface area (Å²) >= 11 is 0. The van der Waals surface area contributed by atoms with Gasteiger partial charge < -0.3 is 10.5 Å². The van der Waals surface area contributed by atoms with E-state index in [1.807, 2.05) is 0 Å². The molecule has 0 atom stereocenters. The van der Waals surface area contributed by atoms with Gasteiger partial charge in [-0.1, -0.05) is 0 Å². The molecule has 1 saturated carbocycles. The molecule has 1 aliphatic rings. The van der Waals surface area contributed by atoms with Gasteiger partial charge in [0.1, 0.15) is 29.0 Å². The summed E-state index contributed by atoms with van der Waals surface area (Å²) in [4.78, 5) is 8.50. The van der Waals surface area contributed by atoms with Gasteiger partial charge in [-0.15, -0.1) is 0 Å². The van der Waals surface area contributed by atoms with E-state index in [1.165, 1.54) is 0 Å². The average molecular weight is 277 g/mol. The monoisotopic (exact) mass is 277 g/mol. The second-order valence-electron chi connectivity index (χ2n) is 4.88. The number of anilines is 1. The van der Waals surface area contributed by atoms with E-state index in [9.17, 15) is 8.78 Å². The van der Waals surface area contributed by atoms with E-state index in [0.29, 0.717) is 23.1 Å². The first-order chi connectivity index (χ1) is 9.52. The Kier molecular flexibility index (Phi) is 3.00. The Labute approximate surface area is 114 Å². The van der Waals surface area contributed by atoms with Crippen LogP contribution in [0.15, 0.2) is 18.2 Å². The number of nitrogens with two attached hydrogens (primary N) is 1. The second-order valence-corrected chi connectivity index (χ2v) is 4.88. The molecule has 1 aromatic carbocycles. The van der Waals surface area contributed by atoms with Crippen molar-refractivity contribution in [3.05, 3.63) is 41.2 Å². The molecule has 2 aromatic rings. The van der Waals surface area contributed by atoms with Crippen LogP contribution in [0.4, 0.5) is 14.6 Å². The third-order valence-electron chi connectivity index (χ3n) is 3.15. The van der Waals surface area contributed by atoms with Gasteiger partial charge in [-0.25, -0.2) is 13.8 Å². The van der Waals surface area contributed by atoms with Gasteiger partial charge >= 0.3 is 0 Å². The molecule has 1 fully saturated rings. The number of halogens is 2. The van der Waals surface area contributed by atoms with Crippen LogP contribution in [0.1, 0.15) is 30.1 Å². The SMILES string of the molecule is Cc1c(N)nc(C2CC2)nc1Oc1cc(F)cc(F)c1. The molecule has 0 saturated heterocycles. The first-order valence-electron chi connectivity index (χ1n) is 6.31. The Morgan fingerprint density at radius 3 is 2.40 bits per heavy atom. The molecule has 3 rings (SSSR count). The molecule has 0 aliphatic heterocycles. The lowest BCUT2D eigenvalue weighted by Gasteiger charge is -2.11. The molecule has 6 heteroatoms. The van der Waals surface area contributed by atoms with Crippen molar-refractivity contribution in [2.45, 2.75) is 25.7 Å². The molecule has 1 heterocycles. The minimum Gasteiger partial charge on any atom is -0.438 e. The van der Waals surface area contributed by atoms with Crippen LogP contribution in [0.25, 0.3) is 0 Å². The van der Waals surface area contributed by atoms with Gasteiger partial charge in [-0.2, -0.15) is 4.98 Å². The first-order valence-corrected chi connectivity index (χ1v) is 6.31. The van der Waals surface area contributed by atoms with Crippen molar-refractivity contribution in [3.8, 4) is 11.6 Å². The summed E-state index contributed by atoms with van der Waals surface area (Å²) in [5.74, 6) is 0.136. The summed E-state index contributed by atoms with van der Waals surface area (Å²) in [6.07, 6.45) is 2.05. The Morgan fingerprint density at radius 2 is 1.80 bits per heavy atom. The number of nitrogen functional groups attached to an aromatic ring is 1. The molecule has 2 N–H and O–H groups in total. The Bertz CT molecular complexity index is 651. The van der Waals surface area contributed by atoms with Crippen molar-refractivity contribution in [1.29, 1.82) is 0 Å². The summed E-state index contributed by atoms with van der Waals surface area (Å²) < 4.78 is 31.8. The molecule has 1 aromatic heterocycles. The third kappa shape index (κ3) is 2.54. The lowest BCUT2D eigenvalue weighted by atomic mass is 10.3. The predicted octanol–water partition coefficient (Wildman–Crippen LogP) is 3.32. The molecule has 0 radical (unpaired) electrons. The summed E-state index contributed by atoms with van der Waals surface area (Å²) in [6.45, 7) is 1.71. The van der Waals surface area contributed by atoms with Gasteiger partial charge in [0.2, 0.25) is 5.88 Å². The van der Waals surface area contributed by atoms with Crippen LogP contribution in [-0.2, 0) is 0 Å². The Morgan fingerprint density at radius 1 is 1.15 bits per heavy atom. The van der Waals surface area contributed by atoms with Crippen LogP contribution in [0.3, 0.4) is 0 Å². The van der Waals surface area contributed by atoms with E-state index in [2.05, 4.69) is 9.97 Å². The van der Waals surface area contributed by atoms with Crippen molar-refractivity contribution < 1.29 is 13.5 Å². The fourth-order valence-corrected chi connectivity index (χ4v) is 1.85. The maximum Gasteiger partial charge on any atom is 0.227 e. The third-order valence-corrected chi connectivity index (χ3v) is 3.15. The Hall–Kier alpha value is -2.24. The predicted molar refractivity (Wildman–Crippen MR) is 69.6 cm³/mol. The van der Waals surface area contributed by atoms with Gasteiger partial charge in [0.25, 0.3) is 0 Å². The van der Waals surface area contributed by atoms with Gasteiger partial charge in [0, 0.05) is 24.1 Å². The molecule has 0 bridgehead atoms. The minimum absolute atomic E-state index is 0.0467. The molecule has 4 nitrogen and oxygen atoms in total. The fraction of sp³-hybridized carbons (Fsp3) is 0.286. The number of benzene rings is 1. The van der Waals surface area contributed by atoms with Crippen molar-refractivity contribution in [2.24, 2.45) is 0 Å². The van der Waals surface area contributed by atoms with Crippen molar-refractivity contribution >= 4 is 5.82 Å². The smallest absolute Gasteiger partial charge is 0.227 e. The van der Waals surface area contributed by atoms with Crippen molar-refractivity contribution in [3.63, 3.8) is 0 Å². The lowest BCUT2D eigenvalue weighted by Crippen LogP contribution is -2.04. The zero-order chi connectivity index (χ0) is 14.3.